The van der Waals surface area contributed by atoms with E-state index in [4.69, 9.17) is 4.74 Å². The number of amides is 1. The third-order valence-corrected chi connectivity index (χ3v) is 3.27. The summed E-state index contributed by atoms with van der Waals surface area (Å²) in [6, 6.07) is 9.68. The second-order valence-electron chi connectivity index (χ2n) is 4.89. The highest BCUT2D eigenvalue weighted by Gasteiger charge is 2.10. The molecule has 1 aromatic rings. The van der Waals surface area contributed by atoms with Gasteiger partial charge in [0.15, 0.2) is 0 Å². The Hall–Kier alpha value is -1.59. The normalized spacial score (nSPS) is 15.8. The second kappa shape index (κ2) is 8.55. The Morgan fingerprint density at radius 3 is 2.75 bits per heavy atom. The zero-order chi connectivity index (χ0) is 14.0. The fourth-order valence-electron chi connectivity index (χ4n) is 2.10. The Labute approximate surface area is 120 Å². The van der Waals surface area contributed by atoms with Crippen LogP contribution in [0.5, 0.6) is 5.75 Å². The number of para-hydroxylation sites is 1. The summed E-state index contributed by atoms with van der Waals surface area (Å²) in [4.78, 5) is 13.9. The van der Waals surface area contributed by atoms with Crippen molar-refractivity contribution in [2.24, 2.45) is 0 Å². The molecule has 2 rings (SSSR count). The number of hydrogen-bond donors (Lipinski definition) is 2. The van der Waals surface area contributed by atoms with Crippen LogP contribution in [0.25, 0.3) is 0 Å². The topological polar surface area (TPSA) is 53.6 Å². The number of carbonyl (C=O) groups is 1. The lowest BCUT2D eigenvalue weighted by molar-refractivity contribution is -0.122. The SMILES string of the molecule is O=C(CCCOc1ccccc1)NCN1CCNCC1. The number of piperazine rings is 1. The molecule has 1 heterocycles. The second-order valence-corrected chi connectivity index (χ2v) is 4.89. The van der Waals surface area contributed by atoms with Gasteiger partial charge in [-0.3, -0.25) is 9.69 Å². The molecule has 1 aromatic carbocycles. The predicted octanol–water partition coefficient (Wildman–Crippen LogP) is 0.824. The maximum absolute atomic E-state index is 11.7. The molecule has 0 saturated carbocycles. The lowest BCUT2D eigenvalue weighted by atomic mass is 10.3. The van der Waals surface area contributed by atoms with Crippen molar-refractivity contribution >= 4 is 5.91 Å². The van der Waals surface area contributed by atoms with Crippen molar-refractivity contribution in [3.63, 3.8) is 0 Å². The lowest BCUT2D eigenvalue weighted by Crippen LogP contribution is -2.48. The van der Waals surface area contributed by atoms with Crippen LogP contribution in [0.15, 0.2) is 30.3 Å². The van der Waals surface area contributed by atoms with Gasteiger partial charge in [0.25, 0.3) is 0 Å². The predicted molar refractivity (Wildman–Crippen MR) is 78.6 cm³/mol. The van der Waals surface area contributed by atoms with Crippen LogP contribution in [0.4, 0.5) is 0 Å². The highest BCUT2D eigenvalue weighted by Crippen LogP contribution is 2.08. The summed E-state index contributed by atoms with van der Waals surface area (Å²) in [6.07, 6.45) is 1.25. The van der Waals surface area contributed by atoms with Crippen LogP contribution in [0.3, 0.4) is 0 Å². The van der Waals surface area contributed by atoms with Gasteiger partial charge in [-0.15, -0.1) is 0 Å². The third-order valence-electron chi connectivity index (χ3n) is 3.27. The smallest absolute Gasteiger partial charge is 0.221 e. The fourth-order valence-corrected chi connectivity index (χ4v) is 2.10. The van der Waals surface area contributed by atoms with E-state index in [1.54, 1.807) is 0 Å². The van der Waals surface area contributed by atoms with E-state index >= 15 is 0 Å². The molecule has 1 fully saturated rings. The van der Waals surface area contributed by atoms with Gasteiger partial charge in [0, 0.05) is 32.6 Å². The zero-order valence-electron chi connectivity index (χ0n) is 11.8. The zero-order valence-corrected chi connectivity index (χ0v) is 11.8. The average Bonchev–Trinajstić information content (AvgIpc) is 2.52. The third kappa shape index (κ3) is 5.59. The van der Waals surface area contributed by atoms with Gasteiger partial charge in [-0.25, -0.2) is 0 Å². The Bertz CT molecular complexity index is 391. The average molecular weight is 277 g/mol. The molecule has 0 bridgehead atoms. The van der Waals surface area contributed by atoms with Gasteiger partial charge in [-0.2, -0.15) is 0 Å². The molecule has 2 N–H and O–H groups in total. The van der Waals surface area contributed by atoms with E-state index in [-0.39, 0.29) is 5.91 Å². The Morgan fingerprint density at radius 2 is 2.00 bits per heavy atom. The molecule has 110 valence electrons. The molecule has 1 saturated heterocycles. The molecule has 1 amide bonds. The molecule has 1 aliphatic rings. The standard InChI is InChI=1S/C15H23N3O2/c19-15(17-13-18-10-8-16-9-11-18)7-4-12-20-14-5-2-1-3-6-14/h1-3,5-6,16H,4,7-13H2,(H,17,19). The molecule has 0 radical (unpaired) electrons. The van der Waals surface area contributed by atoms with Crippen LogP contribution in [-0.4, -0.2) is 50.3 Å². The Kier molecular flexibility index (Phi) is 6.34. The van der Waals surface area contributed by atoms with Crippen molar-refractivity contribution in [3.05, 3.63) is 30.3 Å². The van der Waals surface area contributed by atoms with Gasteiger partial charge in [-0.05, 0) is 18.6 Å². The molecule has 0 aromatic heterocycles. The van der Waals surface area contributed by atoms with E-state index in [1.165, 1.54) is 0 Å². The molecule has 1 aliphatic heterocycles. The van der Waals surface area contributed by atoms with Crippen LogP contribution in [0, 0.1) is 0 Å². The molecular formula is C15H23N3O2. The minimum Gasteiger partial charge on any atom is -0.494 e. The molecule has 0 aliphatic carbocycles. The lowest BCUT2D eigenvalue weighted by Gasteiger charge is -2.27. The molecule has 5 nitrogen and oxygen atoms in total. The van der Waals surface area contributed by atoms with Crippen LogP contribution in [-0.2, 0) is 4.79 Å². The summed E-state index contributed by atoms with van der Waals surface area (Å²) in [5, 5.41) is 6.24. The van der Waals surface area contributed by atoms with Gasteiger partial charge in [0.05, 0.1) is 13.3 Å². The first-order chi connectivity index (χ1) is 9.84. The van der Waals surface area contributed by atoms with Crippen LogP contribution in [0.1, 0.15) is 12.8 Å². The summed E-state index contributed by atoms with van der Waals surface area (Å²) in [5.74, 6) is 0.953. The van der Waals surface area contributed by atoms with Crippen LogP contribution >= 0.6 is 0 Å². The van der Waals surface area contributed by atoms with Crippen LogP contribution in [0.2, 0.25) is 0 Å². The van der Waals surface area contributed by atoms with E-state index in [0.29, 0.717) is 19.7 Å². The van der Waals surface area contributed by atoms with E-state index in [0.717, 1.165) is 38.3 Å². The van der Waals surface area contributed by atoms with E-state index < -0.39 is 0 Å². The van der Waals surface area contributed by atoms with Crippen molar-refractivity contribution in [1.82, 2.24) is 15.5 Å². The monoisotopic (exact) mass is 277 g/mol. The number of nitrogens with one attached hydrogen (secondary N) is 2. The van der Waals surface area contributed by atoms with Crippen molar-refractivity contribution in [1.29, 1.82) is 0 Å². The maximum atomic E-state index is 11.7. The summed E-state index contributed by atoms with van der Waals surface area (Å²) in [5.41, 5.74) is 0. The molecule has 0 atom stereocenters. The van der Waals surface area contributed by atoms with Gasteiger partial charge in [-0.1, -0.05) is 18.2 Å². The highest BCUT2D eigenvalue weighted by molar-refractivity contribution is 5.75. The summed E-state index contributed by atoms with van der Waals surface area (Å²) in [7, 11) is 0. The molecule has 0 unspecified atom stereocenters. The van der Waals surface area contributed by atoms with E-state index in [1.807, 2.05) is 30.3 Å². The first kappa shape index (κ1) is 14.8. The quantitative estimate of drug-likeness (QED) is 0.725. The Morgan fingerprint density at radius 1 is 1.25 bits per heavy atom. The number of nitrogens with zero attached hydrogens (tertiary/aromatic N) is 1. The van der Waals surface area contributed by atoms with Crippen molar-refractivity contribution < 1.29 is 9.53 Å². The van der Waals surface area contributed by atoms with Gasteiger partial charge in [0.2, 0.25) is 5.91 Å². The van der Waals surface area contributed by atoms with Gasteiger partial charge < -0.3 is 15.4 Å². The molecular weight excluding hydrogens is 254 g/mol. The minimum absolute atomic E-state index is 0.0974. The number of hydrogen-bond acceptors (Lipinski definition) is 4. The number of ether oxygens (including phenoxy) is 1. The van der Waals surface area contributed by atoms with Crippen molar-refractivity contribution in [2.45, 2.75) is 12.8 Å². The van der Waals surface area contributed by atoms with Gasteiger partial charge in [0.1, 0.15) is 5.75 Å². The number of benzene rings is 1. The van der Waals surface area contributed by atoms with E-state index in [2.05, 4.69) is 15.5 Å². The van der Waals surface area contributed by atoms with Crippen molar-refractivity contribution in [3.8, 4) is 5.75 Å². The first-order valence-corrected chi connectivity index (χ1v) is 7.22. The number of rotatable bonds is 7. The first-order valence-electron chi connectivity index (χ1n) is 7.22. The maximum Gasteiger partial charge on any atom is 0.221 e. The van der Waals surface area contributed by atoms with Crippen LogP contribution < -0.4 is 15.4 Å². The summed E-state index contributed by atoms with van der Waals surface area (Å²) >= 11 is 0. The number of carbonyl (C=O) groups excluding carboxylic acids is 1. The molecule has 20 heavy (non-hydrogen) atoms. The largest absolute Gasteiger partial charge is 0.494 e. The Balaban J connectivity index is 1.51. The fraction of sp³-hybridized carbons (Fsp3) is 0.533. The molecule has 0 spiro atoms. The van der Waals surface area contributed by atoms with Crippen molar-refractivity contribution in [2.75, 3.05) is 39.5 Å². The van der Waals surface area contributed by atoms with E-state index in [9.17, 15) is 4.79 Å². The highest BCUT2D eigenvalue weighted by atomic mass is 16.5. The molecule has 5 heteroatoms. The summed E-state index contributed by atoms with van der Waals surface area (Å²) < 4.78 is 5.55. The van der Waals surface area contributed by atoms with Gasteiger partial charge >= 0.3 is 0 Å². The minimum atomic E-state index is 0.0974. The summed E-state index contributed by atoms with van der Waals surface area (Å²) in [6.45, 7) is 5.22.